The third-order valence-electron chi connectivity index (χ3n) is 3.64. The van der Waals surface area contributed by atoms with E-state index in [0.29, 0.717) is 6.42 Å². The predicted molar refractivity (Wildman–Crippen MR) is 77.8 cm³/mol. The summed E-state index contributed by atoms with van der Waals surface area (Å²) in [6, 6.07) is 0. The van der Waals surface area contributed by atoms with Crippen molar-refractivity contribution in [3.8, 4) is 0 Å². The number of hydrogen-bond acceptors (Lipinski definition) is 2. The maximum atomic E-state index is 9.84. The van der Waals surface area contributed by atoms with Crippen molar-refractivity contribution in [2.75, 3.05) is 0 Å². The van der Waals surface area contributed by atoms with E-state index in [0.717, 1.165) is 12.8 Å². The zero-order valence-electron chi connectivity index (χ0n) is 12.4. The van der Waals surface area contributed by atoms with Gasteiger partial charge in [0, 0.05) is 6.42 Å². The second-order valence-corrected chi connectivity index (χ2v) is 11.1. The molecule has 3 heteroatoms. The Bertz CT molecular complexity index is 231. The lowest BCUT2D eigenvalue weighted by Crippen LogP contribution is -2.44. The normalized spacial score (nSPS) is 16.6. The van der Waals surface area contributed by atoms with Crippen molar-refractivity contribution in [1.82, 2.24) is 0 Å². The van der Waals surface area contributed by atoms with Crippen LogP contribution in [0.15, 0.2) is 12.7 Å². The Kier molecular flexibility index (Phi) is 6.67. The molecule has 0 rings (SSSR count). The lowest BCUT2D eigenvalue weighted by atomic mass is 10.1. The minimum atomic E-state index is -1.76. The third kappa shape index (κ3) is 5.84. The first-order valence-electron chi connectivity index (χ1n) is 6.62. The van der Waals surface area contributed by atoms with Crippen LogP contribution < -0.4 is 0 Å². The molecular weight excluding hydrogens is 228 g/mol. The van der Waals surface area contributed by atoms with Crippen molar-refractivity contribution in [2.45, 2.75) is 77.3 Å². The van der Waals surface area contributed by atoms with Gasteiger partial charge in [-0.05, 0) is 24.6 Å². The highest BCUT2D eigenvalue weighted by atomic mass is 28.4. The summed E-state index contributed by atoms with van der Waals surface area (Å²) in [6.07, 6.45) is 4.06. The Balaban J connectivity index is 4.45. The Morgan fingerprint density at radius 2 is 1.88 bits per heavy atom. The van der Waals surface area contributed by atoms with Gasteiger partial charge in [-0.25, -0.2) is 0 Å². The van der Waals surface area contributed by atoms with Gasteiger partial charge in [0.2, 0.25) is 0 Å². The van der Waals surface area contributed by atoms with Crippen LogP contribution in [0.3, 0.4) is 0 Å². The van der Waals surface area contributed by atoms with Gasteiger partial charge in [0.15, 0.2) is 8.32 Å². The molecule has 0 aromatic rings. The van der Waals surface area contributed by atoms with E-state index in [1.54, 1.807) is 0 Å². The first-order valence-corrected chi connectivity index (χ1v) is 9.53. The van der Waals surface area contributed by atoms with Crippen molar-refractivity contribution >= 4 is 8.32 Å². The molecule has 0 unspecified atom stereocenters. The summed E-state index contributed by atoms with van der Waals surface area (Å²) < 4.78 is 6.23. The van der Waals surface area contributed by atoms with Crippen LogP contribution in [0.1, 0.15) is 47.0 Å². The molecule has 17 heavy (non-hydrogen) atoms. The van der Waals surface area contributed by atoms with Crippen LogP contribution in [0.2, 0.25) is 18.1 Å². The van der Waals surface area contributed by atoms with Crippen LogP contribution in [0.5, 0.6) is 0 Å². The summed E-state index contributed by atoms with van der Waals surface area (Å²) in [5.41, 5.74) is 0. The van der Waals surface area contributed by atoms with Crippen LogP contribution in [0.4, 0.5) is 0 Å². The number of aliphatic hydroxyl groups excluding tert-OH is 1. The molecule has 102 valence electrons. The molecule has 0 aromatic heterocycles. The molecule has 0 heterocycles. The molecule has 0 spiro atoms. The van der Waals surface area contributed by atoms with Gasteiger partial charge >= 0.3 is 0 Å². The molecule has 0 bridgehead atoms. The van der Waals surface area contributed by atoms with Crippen molar-refractivity contribution in [2.24, 2.45) is 0 Å². The Morgan fingerprint density at radius 1 is 1.35 bits per heavy atom. The largest absolute Gasteiger partial charge is 0.410 e. The minimum absolute atomic E-state index is 0.0163. The van der Waals surface area contributed by atoms with Gasteiger partial charge in [-0.2, -0.15) is 0 Å². The third-order valence-corrected chi connectivity index (χ3v) is 8.15. The first kappa shape index (κ1) is 16.9. The summed E-state index contributed by atoms with van der Waals surface area (Å²) in [5, 5.41) is 10.0. The molecule has 0 fully saturated rings. The zero-order valence-corrected chi connectivity index (χ0v) is 13.4. The summed E-state index contributed by atoms with van der Waals surface area (Å²) in [6.45, 7) is 17.0. The summed E-state index contributed by atoms with van der Waals surface area (Å²) >= 11 is 0. The fourth-order valence-electron chi connectivity index (χ4n) is 1.47. The molecule has 1 N–H and O–H groups in total. The fourth-order valence-corrected chi connectivity index (χ4v) is 2.77. The van der Waals surface area contributed by atoms with Gasteiger partial charge in [0.1, 0.15) is 0 Å². The Morgan fingerprint density at radius 3 is 2.24 bits per heavy atom. The molecular formula is C14H30O2Si. The van der Waals surface area contributed by atoms with E-state index in [1.165, 1.54) is 0 Å². The SMILES string of the molecule is C=C[C@@H](C[C@H](O)CCC)O[Si](C)(C)C(C)(C)C. The topological polar surface area (TPSA) is 29.5 Å². The maximum Gasteiger partial charge on any atom is 0.192 e. The molecule has 0 saturated carbocycles. The van der Waals surface area contributed by atoms with Crippen molar-refractivity contribution < 1.29 is 9.53 Å². The lowest BCUT2D eigenvalue weighted by Gasteiger charge is -2.39. The molecule has 0 saturated heterocycles. The number of rotatable bonds is 7. The van der Waals surface area contributed by atoms with Crippen molar-refractivity contribution in [3.63, 3.8) is 0 Å². The molecule has 0 aliphatic heterocycles. The van der Waals surface area contributed by atoms with Gasteiger partial charge in [0.25, 0.3) is 0 Å². The first-order chi connectivity index (χ1) is 7.64. The van der Waals surface area contributed by atoms with Crippen molar-refractivity contribution in [1.29, 1.82) is 0 Å². The highest BCUT2D eigenvalue weighted by Gasteiger charge is 2.38. The van der Waals surface area contributed by atoms with E-state index in [1.807, 2.05) is 6.08 Å². The van der Waals surface area contributed by atoms with E-state index < -0.39 is 8.32 Å². The lowest BCUT2D eigenvalue weighted by molar-refractivity contribution is 0.101. The van der Waals surface area contributed by atoms with E-state index in [2.05, 4.69) is 47.4 Å². The quantitative estimate of drug-likeness (QED) is 0.550. The van der Waals surface area contributed by atoms with Crippen LogP contribution in [0.25, 0.3) is 0 Å². The van der Waals surface area contributed by atoms with Gasteiger partial charge in [-0.15, -0.1) is 6.58 Å². The summed E-state index contributed by atoms with van der Waals surface area (Å²) in [4.78, 5) is 0. The minimum Gasteiger partial charge on any atom is -0.410 e. The number of hydrogen-bond donors (Lipinski definition) is 1. The molecule has 0 amide bonds. The Hall–Kier alpha value is -0.123. The van der Waals surface area contributed by atoms with E-state index in [4.69, 9.17) is 4.43 Å². The zero-order chi connectivity index (χ0) is 13.7. The van der Waals surface area contributed by atoms with Crippen LogP contribution in [-0.4, -0.2) is 25.6 Å². The Labute approximate surface area is 108 Å². The summed E-state index contributed by atoms with van der Waals surface area (Å²) in [7, 11) is -1.76. The van der Waals surface area contributed by atoms with E-state index in [-0.39, 0.29) is 17.2 Å². The average Bonchev–Trinajstić information content (AvgIpc) is 2.14. The molecule has 2 nitrogen and oxygen atoms in total. The van der Waals surface area contributed by atoms with Gasteiger partial charge in [-0.1, -0.05) is 40.2 Å². The van der Waals surface area contributed by atoms with Crippen LogP contribution >= 0.6 is 0 Å². The van der Waals surface area contributed by atoms with E-state index >= 15 is 0 Å². The second-order valence-electron chi connectivity index (χ2n) is 6.33. The average molecular weight is 258 g/mol. The second kappa shape index (κ2) is 6.71. The maximum absolute atomic E-state index is 9.84. The smallest absolute Gasteiger partial charge is 0.192 e. The number of aliphatic hydroxyl groups is 1. The molecule has 0 aromatic carbocycles. The molecule has 2 atom stereocenters. The predicted octanol–water partition coefficient (Wildman–Crippen LogP) is 4.11. The highest BCUT2D eigenvalue weighted by Crippen LogP contribution is 2.37. The highest BCUT2D eigenvalue weighted by molar-refractivity contribution is 6.74. The monoisotopic (exact) mass is 258 g/mol. The fraction of sp³-hybridized carbons (Fsp3) is 0.857. The molecule has 0 aliphatic rings. The van der Waals surface area contributed by atoms with Crippen molar-refractivity contribution in [3.05, 3.63) is 12.7 Å². The molecule has 0 aliphatic carbocycles. The van der Waals surface area contributed by atoms with Gasteiger partial charge in [0.05, 0.1) is 12.2 Å². The van der Waals surface area contributed by atoms with Crippen LogP contribution in [-0.2, 0) is 4.43 Å². The standard InChI is InChI=1S/C14H30O2Si/c1-8-10-12(15)11-13(9-2)16-17(6,7)14(3,4)5/h9,12-13,15H,2,8,10-11H2,1,3-7H3/t12-,13+/m1/s1. The summed E-state index contributed by atoms with van der Waals surface area (Å²) in [5.74, 6) is 0. The van der Waals surface area contributed by atoms with E-state index in [9.17, 15) is 5.11 Å². The molecule has 0 radical (unpaired) electrons. The van der Waals surface area contributed by atoms with Gasteiger partial charge in [-0.3, -0.25) is 0 Å². The van der Waals surface area contributed by atoms with Gasteiger partial charge < -0.3 is 9.53 Å². The van der Waals surface area contributed by atoms with Crippen LogP contribution in [0, 0.1) is 0 Å².